The van der Waals surface area contributed by atoms with E-state index in [-0.39, 0.29) is 36.1 Å². The SMILES string of the molecule is CCC(NC(=O)c1c(O)c2ccccc2n(Cc2ccccn2)c1=O)N1C2CC3CC1CC(O)(C3)C2. The van der Waals surface area contributed by atoms with E-state index in [0.717, 1.165) is 32.1 Å². The van der Waals surface area contributed by atoms with Crippen molar-refractivity contribution in [2.24, 2.45) is 5.92 Å². The third-order valence-electron chi connectivity index (χ3n) is 8.42. The summed E-state index contributed by atoms with van der Waals surface area (Å²) in [5.74, 6) is -0.327. The molecule has 4 aliphatic rings. The minimum Gasteiger partial charge on any atom is -0.506 e. The van der Waals surface area contributed by atoms with Gasteiger partial charge in [-0.1, -0.05) is 25.1 Å². The number of para-hydroxylation sites is 1. The van der Waals surface area contributed by atoms with Gasteiger partial charge in [0.2, 0.25) is 0 Å². The summed E-state index contributed by atoms with van der Waals surface area (Å²) in [4.78, 5) is 34.0. The molecule has 4 heterocycles. The first kappa shape index (κ1) is 23.2. The van der Waals surface area contributed by atoms with E-state index in [2.05, 4.69) is 15.2 Å². The van der Waals surface area contributed by atoms with Crippen LogP contribution in [0, 0.1) is 5.92 Å². The summed E-state index contributed by atoms with van der Waals surface area (Å²) >= 11 is 0. The number of nitrogens with zero attached hydrogens (tertiary/aromatic N) is 3. The number of hydrogen-bond donors (Lipinski definition) is 3. The second-order valence-corrected chi connectivity index (χ2v) is 10.8. The van der Waals surface area contributed by atoms with Gasteiger partial charge in [-0.05, 0) is 68.7 Å². The van der Waals surface area contributed by atoms with Crippen LogP contribution in [0.3, 0.4) is 0 Å². The van der Waals surface area contributed by atoms with Crippen LogP contribution in [0.15, 0.2) is 53.5 Å². The Bertz CT molecular complexity index is 1360. The normalized spacial score (nSPS) is 27.9. The molecule has 2 aliphatic heterocycles. The van der Waals surface area contributed by atoms with Gasteiger partial charge in [0, 0.05) is 23.7 Å². The Kier molecular flexibility index (Phi) is 5.61. The predicted molar refractivity (Wildman–Crippen MR) is 136 cm³/mol. The second-order valence-electron chi connectivity index (χ2n) is 10.8. The molecule has 7 rings (SSSR count). The fraction of sp³-hybridized carbons (Fsp3) is 0.464. The van der Waals surface area contributed by atoms with Crippen LogP contribution in [-0.4, -0.2) is 54.4 Å². The van der Waals surface area contributed by atoms with Crippen molar-refractivity contribution in [3.8, 4) is 5.75 Å². The average molecular weight is 489 g/mol. The minimum atomic E-state index is -0.578. The molecular weight excluding hydrogens is 456 g/mol. The van der Waals surface area contributed by atoms with Crippen LogP contribution in [0.5, 0.6) is 5.75 Å². The van der Waals surface area contributed by atoms with E-state index in [1.807, 2.05) is 25.1 Å². The largest absolute Gasteiger partial charge is 0.506 e. The first-order valence-electron chi connectivity index (χ1n) is 12.9. The van der Waals surface area contributed by atoms with E-state index in [9.17, 15) is 19.8 Å². The van der Waals surface area contributed by atoms with E-state index < -0.39 is 17.1 Å². The van der Waals surface area contributed by atoms with E-state index in [0.29, 0.717) is 28.9 Å². The average Bonchev–Trinajstić information content (AvgIpc) is 2.85. The Morgan fingerprint density at radius 2 is 1.86 bits per heavy atom. The Hall–Kier alpha value is -3.23. The fourth-order valence-corrected chi connectivity index (χ4v) is 7.14. The van der Waals surface area contributed by atoms with Crippen LogP contribution in [-0.2, 0) is 6.54 Å². The molecule has 2 aliphatic carbocycles. The van der Waals surface area contributed by atoms with Crippen molar-refractivity contribution in [1.82, 2.24) is 19.8 Å². The van der Waals surface area contributed by atoms with Crippen molar-refractivity contribution < 1.29 is 15.0 Å². The van der Waals surface area contributed by atoms with Crippen molar-refractivity contribution in [2.75, 3.05) is 0 Å². The van der Waals surface area contributed by atoms with Crippen molar-refractivity contribution in [3.05, 3.63) is 70.3 Å². The maximum absolute atomic E-state index is 13.7. The topological polar surface area (TPSA) is 108 Å². The molecule has 1 amide bonds. The summed E-state index contributed by atoms with van der Waals surface area (Å²) in [7, 11) is 0. The van der Waals surface area contributed by atoms with E-state index in [1.165, 1.54) is 4.57 Å². The standard InChI is InChI=1S/C28H32N4O4/c1-2-23(32-19-11-17-12-20(32)15-28(36,13-17)14-19)30-26(34)24-25(33)21-8-3-4-9-22(21)31(27(24)35)16-18-7-5-6-10-29-18/h3-10,17,19-20,23,33,36H,2,11-16H2,1H3,(H,30,34). The number of piperidine rings is 2. The van der Waals surface area contributed by atoms with E-state index >= 15 is 0 Å². The zero-order valence-corrected chi connectivity index (χ0v) is 20.4. The zero-order chi connectivity index (χ0) is 25.0. The van der Waals surface area contributed by atoms with Crippen LogP contribution >= 0.6 is 0 Å². The monoisotopic (exact) mass is 488 g/mol. The van der Waals surface area contributed by atoms with Gasteiger partial charge in [-0.15, -0.1) is 0 Å². The number of aromatic nitrogens is 2. The number of aliphatic hydroxyl groups is 1. The van der Waals surface area contributed by atoms with Crippen LogP contribution in [0.4, 0.5) is 0 Å². The first-order chi connectivity index (χ1) is 17.4. The Morgan fingerprint density at radius 1 is 1.14 bits per heavy atom. The molecule has 2 aromatic heterocycles. The number of carbonyl (C=O) groups is 1. The van der Waals surface area contributed by atoms with Gasteiger partial charge in [0.25, 0.3) is 11.5 Å². The zero-order valence-electron chi connectivity index (χ0n) is 20.4. The molecule has 0 radical (unpaired) electrons. The number of rotatable bonds is 6. The van der Waals surface area contributed by atoms with Crippen LogP contribution in [0.1, 0.15) is 61.5 Å². The van der Waals surface area contributed by atoms with Gasteiger partial charge in [-0.3, -0.25) is 19.5 Å². The summed E-state index contributed by atoms with van der Waals surface area (Å²) in [6, 6.07) is 13.0. The number of aromatic hydroxyl groups is 1. The molecule has 8 nitrogen and oxygen atoms in total. The molecular formula is C28H32N4O4. The molecule has 3 aromatic rings. The number of pyridine rings is 2. The highest BCUT2D eigenvalue weighted by Gasteiger charge is 2.55. The molecule has 2 saturated carbocycles. The molecule has 3 N–H and O–H groups in total. The van der Waals surface area contributed by atoms with Gasteiger partial charge < -0.3 is 20.1 Å². The summed E-state index contributed by atoms with van der Waals surface area (Å²) in [6.45, 7) is 2.21. The molecule has 3 unspecified atom stereocenters. The van der Waals surface area contributed by atoms with Crippen molar-refractivity contribution in [1.29, 1.82) is 0 Å². The van der Waals surface area contributed by atoms with Crippen molar-refractivity contribution in [2.45, 2.75) is 75.8 Å². The Morgan fingerprint density at radius 3 is 2.53 bits per heavy atom. The molecule has 188 valence electrons. The lowest BCUT2D eigenvalue weighted by Gasteiger charge is -2.61. The quantitative estimate of drug-likeness (QED) is 0.492. The molecule has 36 heavy (non-hydrogen) atoms. The number of hydrogen-bond acceptors (Lipinski definition) is 6. The summed E-state index contributed by atoms with van der Waals surface area (Å²) < 4.78 is 1.51. The van der Waals surface area contributed by atoms with Crippen LogP contribution < -0.4 is 10.9 Å². The van der Waals surface area contributed by atoms with Crippen molar-refractivity contribution >= 4 is 16.8 Å². The van der Waals surface area contributed by atoms with Gasteiger partial charge in [-0.2, -0.15) is 0 Å². The second kappa shape index (κ2) is 8.71. The molecule has 3 atom stereocenters. The number of benzene rings is 1. The number of carbonyl (C=O) groups excluding carboxylic acids is 1. The third kappa shape index (κ3) is 3.79. The lowest BCUT2D eigenvalue weighted by Crippen LogP contribution is -2.69. The lowest BCUT2D eigenvalue weighted by molar-refractivity contribution is -0.170. The first-order valence-corrected chi connectivity index (χ1v) is 12.9. The highest BCUT2D eigenvalue weighted by Crippen LogP contribution is 2.52. The molecule has 4 fully saturated rings. The predicted octanol–water partition coefficient (Wildman–Crippen LogP) is 2.99. The molecule has 4 bridgehead atoms. The Labute approximate surface area is 209 Å². The number of fused-ring (bicyclic) bond motifs is 1. The smallest absolute Gasteiger partial charge is 0.268 e. The minimum absolute atomic E-state index is 0.189. The summed E-state index contributed by atoms with van der Waals surface area (Å²) in [5.41, 5.74) is -0.131. The highest BCUT2D eigenvalue weighted by atomic mass is 16.3. The van der Waals surface area contributed by atoms with Crippen LogP contribution in [0.2, 0.25) is 0 Å². The van der Waals surface area contributed by atoms with E-state index in [4.69, 9.17) is 0 Å². The molecule has 0 spiro atoms. The number of nitrogens with one attached hydrogen (secondary N) is 1. The van der Waals surface area contributed by atoms with Gasteiger partial charge in [0.1, 0.15) is 11.3 Å². The van der Waals surface area contributed by atoms with Crippen molar-refractivity contribution in [3.63, 3.8) is 0 Å². The van der Waals surface area contributed by atoms with Gasteiger partial charge >= 0.3 is 0 Å². The lowest BCUT2D eigenvalue weighted by atomic mass is 9.61. The maximum atomic E-state index is 13.7. The Balaban J connectivity index is 1.35. The molecule has 2 saturated heterocycles. The summed E-state index contributed by atoms with van der Waals surface area (Å²) in [6.07, 6.45) is 6.46. The highest BCUT2D eigenvalue weighted by molar-refractivity contribution is 6.02. The maximum Gasteiger partial charge on any atom is 0.268 e. The third-order valence-corrected chi connectivity index (χ3v) is 8.42. The molecule has 1 aromatic carbocycles. The number of amides is 1. The van der Waals surface area contributed by atoms with Gasteiger partial charge in [0.05, 0.1) is 29.5 Å². The van der Waals surface area contributed by atoms with Crippen LogP contribution in [0.25, 0.3) is 10.9 Å². The van der Waals surface area contributed by atoms with Gasteiger partial charge in [-0.25, -0.2) is 0 Å². The van der Waals surface area contributed by atoms with E-state index in [1.54, 1.807) is 30.5 Å². The summed E-state index contributed by atoms with van der Waals surface area (Å²) in [5, 5.41) is 25.6. The van der Waals surface area contributed by atoms with Gasteiger partial charge in [0.15, 0.2) is 0 Å². The fourth-order valence-electron chi connectivity index (χ4n) is 7.14. The molecule has 8 heteroatoms.